The van der Waals surface area contributed by atoms with Gasteiger partial charge >= 0.3 is 5.97 Å². The number of nitrogens with one attached hydrogen (secondary N) is 1. The van der Waals surface area contributed by atoms with Crippen LogP contribution in [0, 0.1) is 0 Å². The smallest absolute Gasteiger partial charge is 0.359 e. The molecule has 0 amide bonds. The van der Waals surface area contributed by atoms with Crippen LogP contribution in [0.4, 0.5) is 0 Å². The first-order valence-corrected chi connectivity index (χ1v) is 10.4. The van der Waals surface area contributed by atoms with Gasteiger partial charge in [0.2, 0.25) is 0 Å². The van der Waals surface area contributed by atoms with Crippen molar-refractivity contribution in [2.45, 2.75) is 39.8 Å². The number of carbonyl (C=O) groups excluding carboxylic acids is 1. The van der Waals surface area contributed by atoms with Gasteiger partial charge in [0.25, 0.3) is 0 Å². The van der Waals surface area contributed by atoms with Crippen LogP contribution in [-0.4, -0.2) is 27.9 Å². The Hall–Kier alpha value is -2.15. The highest BCUT2D eigenvalue weighted by Gasteiger charge is 2.26. The fraction of sp³-hybridized carbons (Fsp3) is 0.304. The topological polar surface area (TPSA) is 56.1 Å². The number of esters is 1. The summed E-state index contributed by atoms with van der Waals surface area (Å²) in [5, 5.41) is 8.18. The molecule has 0 spiro atoms. The van der Waals surface area contributed by atoms with Gasteiger partial charge in [-0.3, -0.25) is 0 Å². The van der Waals surface area contributed by atoms with Crippen LogP contribution in [0.5, 0.6) is 0 Å². The number of carbonyl (C=O) groups is 1. The lowest BCUT2D eigenvalue weighted by atomic mass is 10.0. The first-order chi connectivity index (χ1) is 13.8. The van der Waals surface area contributed by atoms with E-state index < -0.39 is 5.97 Å². The van der Waals surface area contributed by atoms with E-state index in [0.29, 0.717) is 18.8 Å². The van der Waals surface area contributed by atoms with E-state index in [2.05, 4.69) is 47.1 Å². The molecule has 3 aromatic rings. The maximum atomic E-state index is 12.7. The zero-order valence-electron chi connectivity index (χ0n) is 17.6. The molecule has 1 heterocycles. The first kappa shape index (κ1) is 24.1. The third kappa shape index (κ3) is 5.72. The van der Waals surface area contributed by atoms with E-state index in [1.807, 2.05) is 59.3 Å². The summed E-state index contributed by atoms with van der Waals surface area (Å²) in [6.07, 6.45) is 0. The summed E-state index contributed by atoms with van der Waals surface area (Å²) in [4.78, 5) is 12.7. The number of aromatic nitrogens is 2. The van der Waals surface area contributed by atoms with Crippen LogP contribution in [0.3, 0.4) is 0 Å². The van der Waals surface area contributed by atoms with Crippen molar-refractivity contribution >= 4 is 34.3 Å². The van der Waals surface area contributed by atoms with Crippen molar-refractivity contribution in [2.24, 2.45) is 0 Å². The molecule has 0 aliphatic carbocycles. The van der Waals surface area contributed by atoms with E-state index in [4.69, 9.17) is 4.74 Å². The van der Waals surface area contributed by atoms with Gasteiger partial charge in [-0.05, 0) is 52.0 Å². The monoisotopic (exact) mass is 491 g/mol. The molecule has 0 bridgehead atoms. The van der Waals surface area contributed by atoms with Gasteiger partial charge in [0.05, 0.1) is 18.0 Å². The average molecular weight is 493 g/mol. The fourth-order valence-electron chi connectivity index (χ4n) is 3.00. The molecule has 2 aromatic carbocycles. The molecule has 160 valence electrons. The lowest BCUT2D eigenvalue weighted by molar-refractivity contribution is 0.0517. The Balaban J connectivity index is 0.00000320. The van der Waals surface area contributed by atoms with Gasteiger partial charge in [-0.2, -0.15) is 5.10 Å². The average Bonchev–Trinajstić information content (AvgIpc) is 3.07. The number of nitrogens with zero attached hydrogens (tertiary/aromatic N) is 2. The molecule has 1 aromatic heterocycles. The summed E-state index contributed by atoms with van der Waals surface area (Å²) < 4.78 is 8.13. The highest BCUT2D eigenvalue weighted by molar-refractivity contribution is 9.10. The molecule has 0 aliphatic rings. The van der Waals surface area contributed by atoms with E-state index in [-0.39, 0.29) is 17.9 Å². The van der Waals surface area contributed by atoms with E-state index in [0.717, 1.165) is 27.0 Å². The third-order valence-corrected chi connectivity index (χ3v) is 4.89. The molecule has 30 heavy (non-hydrogen) atoms. The number of ether oxygens (including phenoxy) is 1. The Morgan fingerprint density at radius 3 is 2.30 bits per heavy atom. The number of hydrogen-bond donors (Lipinski definition) is 1. The van der Waals surface area contributed by atoms with Crippen LogP contribution in [0.2, 0.25) is 0 Å². The van der Waals surface area contributed by atoms with Crippen LogP contribution in [0.1, 0.15) is 43.7 Å². The number of benzene rings is 2. The van der Waals surface area contributed by atoms with Crippen molar-refractivity contribution in [3.05, 3.63) is 70.3 Å². The van der Waals surface area contributed by atoms with Gasteiger partial charge in [-0.25, -0.2) is 9.48 Å². The van der Waals surface area contributed by atoms with Gasteiger partial charge in [0.15, 0.2) is 5.69 Å². The molecule has 0 radical (unpaired) electrons. The largest absolute Gasteiger partial charge is 0.461 e. The minimum atomic E-state index is -0.411. The maximum absolute atomic E-state index is 12.7. The second-order valence-electron chi connectivity index (χ2n) is 7.75. The van der Waals surface area contributed by atoms with Crippen LogP contribution >= 0.6 is 28.3 Å². The highest BCUT2D eigenvalue weighted by atomic mass is 79.9. The van der Waals surface area contributed by atoms with E-state index >= 15 is 0 Å². The number of para-hydroxylation sites is 1. The summed E-state index contributed by atoms with van der Waals surface area (Å²) in [5.41, 5.74) is 3.79. The molecule has 0 fully saturated rings. The predicted molar refractivity (Wildman–Crippen MR) is 126 cm³/mol. The van der Waals surface area contributed by atoms with Crippen molar-refractivity contribution in [1.29, 1.82) is 0 Å². The third-order valence-electron chi connectivity index (χ3n) is 4.37. The standard InChI is InChI=1S/C23H26BrN3O2.ClH/c1-5-29-22(28)20-19(15-25-23(2,3)4)21(16-11-13-17(24)14-12-16)27(26-20)18-9-7-6-8-10-18;/h6-14,25H,5,15H2,1-4H3;1H. The number of halogens is 2. The van der Waals surface area contributed by atoms with E-state index in [1.54, 1.807) is 6.92 Å². The normalized spacial score (nSPS) is 11.1. The fourth-order valence-corrected chi connectivity index (χ4v) is 3.26. The lowest BCUT2D eigenvalue weighted by Crippen LogP contribution is -2.35. The molecule has 5 nitrogen and oxygen atoms in total. The molecule has 0 saturated heterocycles. The summed E-state index contributed by atoms with van der Waals surface area (Å²) in [6.45, 7) is 8.88. The van der Waals surface area contributed by atoms with Crippen LogP contribution in [0.15, 0.2) is 59.1 Å². The minimum absolute atomic E-state index is 0. The van der Waals surface area contributed by atoms with E-state index in [9.17, 15) is 4.79 Å². The SMILES string of the molecule is CCOC(=O)c1nn(-c2ccccc2)c(-c2ccc(Br)cc2)c1CNC(C)(C)C.Cl. The van der Waals surface area contributed by atoms with Crippen LogP contribution in [0.25, 0.3) is 16.9 Å². The quantitative estimate of drug-likeness (QED) is 0.443. The number of hydrogen-bond acceptors (Lipinski definition) is 4. The Morgan fingerprint density at radius 1 is 1.10 bits per heavy atom. The highest BCUT2D eigenvalue weighted by Crippen LogP contribution is 2.31. The Labute approximate surface area is 192 Å². The first-order valence-electron chi connectivity index (χ1n) is 9.65. The van der Waals surface area contributed by atoms with E-state index in [1.165, 1.54) is 0 Å². The van der Waals surface area contributed by atoms with Gasteiger partial charge in [0, 0.05) is 27.7 Å². The van der Waals surface area contributed by atoms with Gasteiger partial charge in [-0.1, -0.05) is 46.3 Å². The molecule has 0 aliphatic heterocycles. The molecular weight excluding hydrogens is 466 g/mol. The van der Waals surface area contributed by atoms with Crippen molar-refractivity contribution < 1.29 is 9.53 Å². The Morgan fingerprint density at radius 2 is 1.73 bits per heavy atom. The summed E-state index contributed by atoms with van der Waals surface area (Å²) in [5.74, 6) is -0.411. The van der Waals surface area contributed by atoms with Gasteiger partial charge in [-0.15, -0.1) is 12.4 Å². The van der Waals surface area contributed by atoms with Crippen LogP contribution in [-0.2, 0) is 11.3 Å². The van der Waals surface area contributed by atoms with Crippen molar-refractivity contribution in [3.63, 3.8) is 0 Å². The molecule has 0 unspecified atom stereocenters. The van der Waals surface area contributed by atoms with Crippen molar-refractivity contribution in [2.75, 3.05) is 6.61 Å². The van der Waals surface area contributed by atoms with Crippen molar-refractivity contribution in [1.82, 2.24) is 15.1 Å². The molecule has 0 atom stereocenters. The van der Waals surface area contributed by atoms with Crippen molar-refractivity contribution in [3.8, 4) is 16.9 Å². The second kappa shape index (κ2) is 10.2. The minimum Gasteiger partial charge on any atom is -0.461 e. The summed E-state index contributed by atoms with van der Waals surface area (Å²) in [7, 11) is 0. The molecular formula is C23H27BrClN3O2. The second-order valence-corrected chi connectivity index (χ2v) is 8.67. The Kier molecular flexibility index (Phi) is 8.24. The van der Waals surface area contributed by atoms with Gasteiger partial charge < -0.3 is 10.1 Å². The Bertz CT molecular complexity index is 980. The molecule has 1 N–H and O–H groups in total. The van der Waals surface area contributed by atoms with Crippen LogP contribution < -0.4 is 5.32 Å². The zero-order chi connectivity index (χ0) is 21.0. The summed E-state index contributed by atoms with van der Waals surface area (Å²) >= 11 is 3.50. The maximum Gasteiger partial charge on any atom is 0.359 e. The lowest BCUT2D eigenvalue weighted by Gasteiger charge is -2.21. The summed E-state index contributed by atoms with van der Waals surface area (Å²) in [6, 6.07) is 17.9. The molecule has 3 rings (SSSR count). The van der Waals surface area contributed by atoms with Gasteiger partial charge in [0.1, 0.15) is 0 Å². The molecule has 7 heteroatoms. The predicted octanol–water partition coefficient (Wildman–Crippen LogP) is 5.79. The number of rotatable bonds is 6. The zero-order valence-corrected chi connectivity index (χ0v) is 20.0. The molecule has 0 saturated carbocycles.